The predicted octanol–water partition coefficient (Wildman–Crippen LogP) is 2.95. The van der Waals surface area contributed by atoms with E-state index >= 15 is 0 Å². The van der Waals surface area contributed by atoms with Gasteiger partial charge in [-0.25, -0.2) is 4.79 Å². The molecule has 24 heavy (non-hydrogen) atoms. The number of hydrogen-bond acceptors (Lipinski definition) is 3. The van der Waals surface area contributed by atoms with Crippen LogP contribution in [0, 0.1) is 6.92 Å². The first-order chi connectivity index (χ1) is 11.5. The summed E-state index contributed by atoms with van der Waals surface area (Å²) < 4.78 is 5.32. The monoisotopic (exact) mass is 327 g/mol. The second-order valence-electron chi connectivity index (χ2n) is 5.59. The van der Waals surface area contributed by atoms with E-state index in [4.69, 9.17) is 9.84 Å². The molecule has 0 unspecified atom stereocenters. The zero-order valence-corrected chi connectivity index (χ0v) is 13.8. The Morgan fingerprint density at radius 3 is 2.46 bits per heavy atom. The fraction of sp³-hybridized carbons (Fsp3) is 0.263. The lowest BCUT2D eigenvalue weighted by Gasteiger charge is -2.10. The molecule has 0 fully saturated rings. The molecule has 0 aromatic heterocycles. The average molecular weight is 327 g/mol. The number of ether oxygens (including phenoxy) is 1. The van der Waals surface area contributed by atoms with Crippen molar-refractivity contribution in [3.8, 4) is 5.75 Å². The molecule has 5 nitrogen and oxygen atoms in total. The summed E-state index contributed by atoms with van der Waals surface area (Å²) >= 11 is 0. The Morgan fingerprint density at radius 2 is 1.83 bits per heavy atom. The maximum absolute atomic E-state index is 12.0. The first kappa shape index (κ1) is 17.5. The van der Waals surface area contributed by atoms with Crippen LogP contribution in [0.15, 0.2) is 42.5 Å². The number of aromatic carboxylic acids is 1. The Balaban J connectivity index is 1.84. The van der Waals surface area contributed by atoms with Gasteiger partial charge in [0.15, 0.2) is 0 Å². The third kappa shape index (κ3) is 4.84. The van der Waals surface area contributed by atoms with Crippen molar-refractivity contribution in [3.63, 3.8) is 0 Å². The second-order valence-corrected chi connectivity index (χ2v) is 5.59. The Bertz CT molecular complexity index is 723. The van der Waals surface area contributed by atoms with Crippen molar-refractivity contribution >= 4 is 11.9 Å². The Hall–Kier alpha value is -2.82. The van der Waals surface area contributed by atoms with Gasteiger partial charge in [0.25, 0.3) is 0 Å². The third-order valence-corrected chi connectivity index (χ3v) is 3.76. The van der Waals surface area contributed by atoms with Crippen LogP contribution in [-0.2, 0) is 17.8 Å². The zero-order valence-electron chi connectivity index (χ0n) is 13.8. The van der Waals surface area contributed by atoms with E-state index in [1.54, 1.807) is 31.4 Å². The largest absolute Gasteiger partial charge is 0.496 e. The van der Waals surface area contributed by atoms with Crippen LogP contribution in [0.5, 0.6) is 5.75 Å². The van der Waals surface area contributed by atoms with Crippen molar-refractivity contribution in [2.24, 2.45) is 0 Å². The van der Waals surface area contributed by atoms with Crippen molar-refractivity contribution in [2.45, 2.75) is 26.3 Å². The lowest BCUT2D eigenvalue weighted by molar-refractivity contribution is -0.121. The van der Waals surface area contributed by atoms with Gasteiger partial charge in [0, 0.05) is 18.5 Å². The standard InChI is InChI=1S/C19H21NO4/c1-13-3-7-16(17(11-13)24-2)12-20-18(21)10-6-14-4-8-15(9-5-14)19(22)23/h3-5,7-9,11H,6,10,12H2,1-2H3,(H,20,21)(H,22,23). The predicted molar refractivity (Wildman–Crippen MR) is 91.3 cm³/mol. The maximum Gasteiger partial charge on any atom is 0.335 e. The number of nitrogens with one attached hydrogen (secondary N) is 1. The van der Waals surface area contributed by atoms with Gasteiger partial charge < -0.3 is 15.2 Å². The highest BCUT2D eigenvalue weighted by Crippen LogP contribution is 2.19. The first-order valence-corrected chi connectivity index (χ1v) is 7.72. The smallest absolute Gasteiger partial charge is 0.335 e. The molecule has 0 aliphatic rings. The highest BCUT2D eigenvalue weighted by molar-refractivity contribution is 5.87. The Morgan fingerprint density at radius 1 is 1.12 bits per heavy atom. The topological polar surface area (TPSA) is 75.6 Å². The summed E-state index contributed by atoms with van der Waals surface area (Å²) in [7, 11) is 1.61. The zero-order chi connectivity index (χ0) is 17.5. The van der Waals surface area contributed by atoms with Crippen LogP contribution in [0.25, 0.3) is 0 Å². The van der Waals surface area contributed by atoms with Crippen molar-refractivity contribution in [3.05, 3.63) is 64.7 Å². The SMILES string of the molecule is COc1cc(C)ccc1CNC(=O)CCc1ccc(C(=O)O)cc1. The minimum Gasteiger partial charge on any atom is -0.496 e. The van der Waals surface area contributed by atoms with E-state index in [1.165, 1.54) is 0 Å². The van der Waals surface area contributed by atoms with Crippen molar-refractivity contribution in [1.82, 2.24) is 5.32 Å². The molecule has 2 rings (SSSR count). The molecule has 2 N–H and O–H groups in total. The number of hydrogen-bond donors (Lipinski definition) is 2. The summed E-state index contributed by atoms with van der Waals surface area (Å²) in [5.41, 5.74) is 3.21. The molecule has 0 heterocycles. The molecule has 126 valence electrons. The summed E-state index contributed by atoms with van der Waals surface area (Å²) in [5.74, 6) is -0.245. The normalized spacial score (nSPS) is 10.2. The molecule has 1 amide bonds. The molecular weight excluding hydrogens is 306 g/mol. The first-order valence-electron chi connectivity index (χ1n) is 7.72. The van der Waals surface area contributed by atoms with Crippen LogP contribution in [-0.4, -0.2) is 24.1 Å². The molecule has 0 aliphatic carbocycles. The number of carbonyl (C=O) groups is 2. The highest BCUT2D eigenvalue weighted by atomic mass is 16.5. The van der Waals surface area contributed by atoms with E-state index in [0.717, 1.165) is 22.4 Å². The molecule has 0 aliphatic heterocycles. The van der Waals surface area contributed by atoms with Gasteiger partial charge in [-0.1, -0.05) is 24.3 Å². The number of rotatable bonds is 7. The van der Waals surface area contributed by atoms with E-state index in [0.29, 0.717) is 19.4 Å². The molecule has 0 spiro atoms. The van der Waals surface area contributed by atoms with Crippen molar-refractivity contribution in [1.29, 1.82) is 0 Å². The van der Waals surface area contributed by atoms with Gasteiger partial charge in [-0.15, -0.1) is 0 Å². The minimum absolute atomic E-state index is 0.0556. The van der Waals surface area contributed by atoms with Crippen LogP contribution < -0.4 is 10.1 Å². The Labute approximate surface area is 141 Å². The molecule has 2 aromatic rings. The summed E-state index contributed by atoms with van der Waals surface area (Å²) in [6.07, 6.45) is 0.914. The molecule has 0 saturated carbocycles. The van der Waals surface area contributed by atoms with Crippen molar-refractivity contribution < 1.29 is 19.4 Å². The molecule has 5 heteroatoms. The number of methoxy groups -OCH3 is 1. The molecule has 0 radical (unpaired) electrons. The maximum atomic E-state index is 12.0. The van der Waals surface area contributed by atoms with E-state index in [-0.39, 0.29) is 11.5 Å². The lowest BCUT2D eigenvalue weighted by atomic mass is 10.1. The lowest BCUT2D eigenvalue weighted by Crippen LogP contribution is -2.23. The van der Waals surface area contributed by atoms with Crippen LogP contribution in [0.3, 0.4) is 0 Å². The van der Waals surface area contributed by atoms with Gasteiger partial charge in [-0.2, -0.15) is 0 Å². The van der Waals surface area contributed by atoms with E-state index in [9.17, 15) is 9.59 Å². The molecule has 2 aromatic carbocycles. The molecule has 0 bridgehead atoms. The summed E-state index contributed by atoms with van der Waals surface area (Å²) in [5, 5.41) is 11.7. The summed E-state index contributed by atoms with van der Waals surface area (Å²) in [6, 6.07) is 12.4. The van der Waals surface area contributed by atoms with Crippen LogP contribution in [0.2, 0.25) is 0 Å². The number of carboxylic acids is 1. The summed E-state index contributed by atoms with van der Waals surface area (Å²) in [4.78, 5) is 22.8. The highest BCUT2D eigenvalue weighted by Gasteiger charge is 2.07. The number of carboxylic acid groups (broad SMARTS) is 1. The number of carbonyl (C=O) groups excluding carboxylic acids is 1. The van der Waals surface area contributed by atoms with Gasteiger partial charge >= 0.3 is 5.97 Å². The number of benzene rings is 2. The molecule has 0 saturated heterocycles. The van der Waals surface area contributed by atoms with Crippen LogP contribution in [0.4, 0.5) is 0 Å². The van der Waals surface area contributed by atoms with E-state index in [1.807, 2.05) is 25.1 Å². The quantitative estimate of drug-likeness (QED) is 0.820. The number of amides is 1. The molecule has 0 atom stereocenters. The average Bonchev–Trinajstić information content (AvgIpc) is 2.59. The van der Waals surface area contributed by atoms with Crippen LogP contribution in [0.1, 0.15) is 33.5 Å². The third-order valence-electron chi connectivity index (χ3n) is 3.76. The number of aryl methyl sites for hydroxylation is 2. The fourth-order valence-corrected chi connectivity index (χ4v) is 2.35. The van der Waals surface area contributed by atoms with E-state index < -0.39 is 5.97 Å². The summed E-state index contributed by atoms with van der Waals surface area (Å²) in [6.45, 7) is 2.40. The molecular formula is C19H21NO4. The van der Waals surface area contributed by atoms with Gasteiger partial charge in [0.2, 0.25) is 5.91 Å². The second kappa shape index (κ2) is 8.15. The minimum atomic E-state index is -0.952. The van der Waals surface area contributed by atoms with E-state index in [2.05, 4.69) is 5.32 Å². The van der Waals surface area contributed by atoms with Crippen molar-refractivity contribution in [2.75, 3.05) is 7.11 Å². The fourth-order valence-electron chi connectivity index (χ4n) is 2.35. The Kier molecular flexibility index (Phi) is 5.95. The van der Waals surface area contributed by atoms with Gasteiger partial charge in [-0.05, 0) is 42.7 Å². The van der Waals surface area contributed by atoms with Crippen LogP contribution >= 0.6 is 0 Å². The van der Waals surface area contributed by atoms with Gasteiger partial charge in [-0.3, -0.25) is 4.79 Å². The van der Waals surface area contributed by atoms with Gasteiger partial charge in [0.1, 0.15) is 5.75 Å². The van der Waals surface area contributed by atoms with Gasteiger partial charge in [0.05, 0.1) is 12.7 Å².